The van der Waals surface area contributed by atoms with Crippen molar-refractivity contribution in [2.75, 3.05) is 5.32 Å². The number of phenolic OH excluding ortho intramolecular Hbond substituents is 1. The number of carbonyl (C=O) groups excluding carboxylic acids is 1. The van der Waals surface area contributed by atoms with E-state index in [4.69, 9.17) is 6.42 Å². The summed E-state index contributed by atoms with van der Waals surface area (Å²) in [5.74, 6) is 2.43. The van der Waals surface area contributed by atoms with Gasteiger partial charge >= 0.3 is 0 Å². The van der Waals surface area contributed by atoms with E-state index in [1.54, 1.807) is 43.3 Å². The molecule has 0 aliphatic heterocycles. The maximum atomic E-state index is 12.1. The Labute approximate surface area is 111 Å². The fraction of sp³-hybridized carbons (Fsp3) is 0.0625. The highest BCUT2D eigenvalue weighted by Crippen LogP contribution is 2.17. The fourth-order valence-electron chi connectivity index (χ4n) is 1.79. The second kappa shape index (κ2) is 5.28. The molecule has 0 atom stereocenters. The van der Waals surface area contributed by atoms with Gasteiger partial charge in [0.05, 0.1) is 0 Å². The lowest BCUT2D eigenvalue weighted by Gasteiger charge is -2.08. The van der Waals surface area contributed by atoms with Crippen LogP contribution in [0.4, 0.5) is 5.69 Å². The van der Waals surface area contributed by atoms with E-state index in [1.807, 2.05) is 0 Å². The Balaban J connectivity index is 2.23. The van der Waals surface area contributed by atoms with E-state index in [1.165, 1.54) is 6.07 Å². The topological polar surface area (TPSA) is 49.3 Å². The average molecular weight is 251 g/mol. The predicted octanol–water partition coefficient (Wildman–Crippen LogP) is 2.93. The first-order valence-electron chi connectivity index (χ1n) is 5.78. The van der Waals surface area contributed by atoms with E-state index >= 15 is 0 Å². The van der Waals surface area contributed by atoms with Crippen molar-refractivity contribution in [2.45, 2.75) is 6.92 Å². The molecule has 0 unspecified atom stereocenters. The number of aromatic hydroxyl groups is 1. The third-order valence-electron chi connectivity index (χ3n) is 2.74. The highest BCUT2D eigenvalue weighted by molar-refractivity contribution is 6.05. The molecule has 0 spiro atoms. The van der Waals surface area contributed by atoms with Crippen molar-refractivity contribution in [3.05, 3.63) is 59.2 Å². The SMILES string of the molecule is C#Cc1cccc(NC(=O)c2ccc(O)cc2C)c1. The maximum absolute atomic E-state index is 12.1. The van der Waals surface area contributed by atoms with Crippen LogP contribution in [0.5, 0.6) is 5.75 Å². The zero-order valence-corrected chi connectivity index (χ0v) is 10.5. The number of carbonyl (C=O) groups is 1. The molecular formula is C16H13NO2. The molecule has 0 bridgehead atoms. The first-order valence-corrected chi connectivity index (χ1v) is 5.78. The molecule has 0 saturated heterocycles. The van der Waals surface area contributed by atoms with E-state index in [2.05, 4.69) is 11.2 Å². The van der Waals surface area contributed by atoms with Gasteiger partial charge in [-0.3, -0.25) is 4.79 Å². The molecule has 2 rings (SSSR count). The monoisotopic (exact) mass is 251 g/mol. The lowest BCUT2D eigenvalue weighted by Crippen LogP contribution is -2.13. The summed E-state index contributed by atoms with van der Waals surface area (Å²) in [6.45, 7) is 1.77. The van der Waals surface area contributed by atoms with Gasteiger partial charge < -0.3 is 10.4 Å². The number of anilines is 1. The quantitative estimate of drug-likeness (QED) is 0.806. The summed E-state index contributed by atoms with van der Waals surface area (Å²) in [7, 11) is 0. The van der Waals surface area contributed by atoms with Crippen molar-refractivity contribution in [2.24, 2.45) is 0 Å². The number of hydrogen-bond donors (Lipinski definition) is 2. The van der Waals surface area contributed by atoms with Gasteiger partial charge in [-0.2, -0.15) is 0 Å². The molecule has 2 aromatic carbocycles. The zero-order chi connectivity index (χ0) is 13.8. The molecule has 2 N–H and O–H groups in total. The van der Waals surface area contributed by atoms with Crippen molar-refractivity contribution in [3.8, 4) is 18.1 Å². The Bertz CT molecular complexity index is 669. The maximum Gasteiger partial charge on any atom is 0.255 e. The number of amides is 1. The van der Waals surface area contributed by atoms with Gasteiger partial charge in [-0.15, -0.1) is 6.42 Å². The molecule has 1 amide bonds. The molecular weight excluding hydrogens is 238 g/mol. The average Bonchev–Trinajstić information content (AvgIpc) is 2.38. The lowest BCUT2D eigenvalue weighted by atomic mass is 10.1. The van der Waals surface area contributed by atoms with Crippen molar-refractivity contribution in [3.63, 3.8) is 0 Å². The number of hydrogen-bond acceptors (Lipinski definition) is 2. The van der Waals surface area contributed by atoms with E-state index in [9.17, 15) is 9.90 Å². The minimum Gasteiger partial charge on any atom is -0.508 e. The molecule has 0 heterocycles. The molecule has 0 radical (unpaired) electrons. The minimum atomic E-state index is -0.230. The van der Waals surface area contributed by atoms with Gasteiger partial charge in [0.1, 0.15) is 5.75 Å². The van der Waals surface area contributed by atoms with Crippen LogP contribution in [0.2, 0.25) is 0 Å². The summed E-state index contributed by atoms with van der Waals surface area (Å²) in [5.41, 5.74) is 2.59. The molecule has 3 heteroatoms. The van der Waals surface area contributed by atoms with E-state index < -0.39 is 0 Å². The number of aryl methyl sites for hydroxylation is 1. The summed E-state index contributed by atoms with van der Waals surface area (Å²) in [6, 6.07) is 11.7. The standard InChI is InChI=1S/C16H13NO2/c1-3-12-5-4-6-13(10-12)17-16(19)15-8-7-14(18)9-11(15)2/h1,4-10,18H,2H3,(H,17,19). The van der Waals surface area contributed by atoms with Crippen LogP contribution in [0.1, 0.15) is 21.5 Å². The Morgan fingerprint density at radius 1 is 1.26 bits per heavy atom. The van der Waals surface area contributed by atoms with Crippen LogP contribution in [0.3, 0.4) is 0 Å². The summed E-state index contributed by atoms with van der Waals surface area (Å²) >= 11 is 0. The van der Waals surface area contributed by atoms with Gasteiger partial charge in [-0.25, -0.2) is 0 Å². The van der Waals surface area contributed by atoms with Crippen molar-refractivity contribution in [1.82, 2.24) is 0 Å². The van der Waals surface area contributed by atoms with Crippen LogP contribution in [0.15, 0.2) is 42.5 Å². The minimum absolute atomic E-state index is 0.142. The van der Waals surface area contributed by atoms with Gasteiger partial charge in [0.15, 0.2) is 0 Å². The Morgan fingerprint density at radius 3 is 2.74 bits per heavy atom. The second-order valence-corrected chi connectivity index (χ2v) is 4.18. The van der Waals surface area contributed by atoms with Crippen molar-refractivity contribution < 1.29 is 9.90 Å². The van der Waals surface area contributed by atoms with Crippen LogP contribution in [-0.2, 0) is 0 Å². The van der Waals surface area contributed by atoms with Crippen molar-refractivity contribution in [1.29, 1.82) is 0 Å². The molecule has 3 nitrogen and oxygen atoms in total. The van der Waals surface area contributed by atoms with E-state index in [0.717, 1.165) is 0 Å². The number of nitrogens with one attached hydrogen (secondary N) is 1. The molecule has 0 fully saturated rings. The smallest absolute Gasteiger partial charge is 0.255 e. The second-order valence-electron chi connectivity index (χ2n) is 4.18. The third kappa shape index (κ3) is 2.93. The molecule has 94 valence electrons. The van der Waals surface area contributed by atoms with E-state index in [-0.39, 0.29) is 11.7 Å². The van der Waals surface area contributed by atoms with E-state index in [0.29, 0.717) is 22.4 Å². The van der Waals surface area contributed by atoms with Crippen LogP contribution >= 0.6 is 0 Å². The van der Waals surface area contributed by atoms with Crippen molar-refractivity contribution >= 4 is 11.6 Å². The first kappa shape index (κ1) is 12.7. The molecule has 0 aromatic heterocycles. The van der Waals surface area contributed by atoms with Crippen LogP contribution in [-0.4, -0.2) is 11.0 Å². The molecule has 0 aliphatic rings. The Kier molecular flexibility index (Phi) is 3.53. The van der Waals surface area contributed by atoms with Crippen LogP contribution in [0.25, 0.3) is 0 Å². The molecule has 19 heavy (non-hydrogen) atoms. The number of rotatable bonds is 2. The normalized spacial score (nSPS) is 9.68. The predicted molar refractivity (Wildman–Crippen MR) is 75.2 cm³/mol. The summed E-state index contributed by atoms with van der Waals surface area (Å²) in [5, 5.41) is 12.1. The summed E-state index contributed by atoms with van der Waals surface area (Å²) < 4.78 is 0. The van der Waals surface area contributed by atoms with Crippen LogP contribution in [0, 0.1) is 19.3 Å². The largest absolute Gasteiger partial charge is 0.508 e. The van der Waals surface area contributed by atoms with Gasteiger partial charge in [0.2, 0.25) is 0 Å². The zero-order valence-electron chi connectivity index (χ0n) is 10.5. The molecule has 2 aromatic rings. The van der Waals surface area contributed by atoms with Gasteiger partial charge in [-0.05, 0) is 48.9 Å². The number of terminal acetylenes is 1. The Morgan fingerprint density at radius 2 is 2.05 bits per heavy atom. The summed E-state index contributed by atoms with van der Waals surface area (Å²) in [4.78, 5) is 12.1. The highest BCUT2D eigenvalue weighted by atomic mass is 16.3. The van der Waals surface area contributed by atoms with Gasteiger partial charge in [0, 0.05) is 16.8 Å². The van der Waals surface area contributed by atoms with Gasteiger partial charge in [-0.1, -0.05) is 12.0 Å². The lowest BCUT2D eigenvalue weighted by molar-refractivity contribution is 0.102. The van der Waals surface area contributed by atoms with Crippen LogP contribution < -0.4 is 5.32 Å². The number of benzene rings is 2. The molecule has 0 aliphatic carbocycles. The third-order valence-corrected chi connectivity index (χ3v) is 2.74. The Hall–Kier alpha value is -2.73. The highest BCUT2D eigenvalue weighted by Gasteiger charge is 2.09. The first-order chi connectivity index (χ1) is 9.10. The molecule has 0 saturated carbocycles. The fourth-order valence-corrected chi connectivity index (χ4v) is 1.79. The number of phenols is 1. The summed E-state index contributed by atoms with van der Waals surface area (Å²) in [6.07, 6.45) is 5.31. The van der Waals surface area contributed by atoms with Gasteiger partial charge in [0.25, 0.3) is 5.91 Å².